The summed E-state index contributed by atoms with van der Waals surface area (Å²) < 4.78 is 0. The van der Waals surface area contributed by atoms with E-state index in [4.69, 9.17) is 4.98 Å². The summed E-state index contributed by atoms with van der Waals surface area (Å²) in [6.45, 7) is 12.5. The first-order valence-electron chi connectivity index (χ1n) is 7.70. The van der Waals surface area contributed by atoms with Gasteiger partial charge in [-0.25, -0.2) is 4.98 Å². The summed E-state index contributed by atoms with van der Waals surface area (Å²) >= 11 is 1.90. The number of hydrogen-bond acceptors (Lipinski definition) is 3. The maximum Gasteiger partial charge on any atom is 0.114 e. The van der Waals surface area contributed by atoms with E-state index in [0.717, 1.165) is 12.5 Å². The number of rotatable bonds is 4. The zero-order chi connectivity index (χ0) is 14.0. The molecule has 0 amide bonds. The highest BCUT2D eigenvalue weighted by Gasteiger charge is 2.44. The van der Waals surface area contributed by atoms with Crippen LogP contribution in [0, 0.1) is 25.7 Å². The lowest BCUT2D eigenvalue weighted by molar-refractivity contribution is 0.103. The van der Waals surface area contributed by atoms with Gasteiger partial charge in [-0.15, -0.1) is 11.3 Å². The number of hydrogen-bond donors (Lipinski definition) is 1. The third kappa shape index (κ3) is 2.73. The summed E-state index contributed by atoms with van der Waals surface area (Å²) in [6, 6.07) is 0. The van der Waals surface area contributed by atoms with Gasteiger partial charge in [0.2, 0.25) is 0 Å². The van der Waals surface area contributed by atoms with Gasteiger partial charge in [0.05, 0.1) is 11.2 Å². The molecular weight excluding hydrogens is 252 g/mol. The van der Waals surface area contributed by atoms with Crippen LogP contribution in [0.5, 0.6) is 0 Å². The third-order valence-electron chi connectivity index (χ3n) is 4.96. The maximum atomic E-state index is 4.90. The lowest BCUT2D eigenvalue weighted by atomic mass is 9.68. The van der Waals surface area contributed by atoms with Crippen LogP contribution < -0.4 is 5.32 Å². The van der Waals surface area contributed by atoms with Crippen molar-refractivity contribution in [3.05, 3.63) is 15.6 Å². The lowest BCUT2D eigenvalue weighted by Crippen LogP contribution is -2.52. The number of aryl methyl sites for hydroxylation is 2. The minimum absolute atomic E-state index is 0.122. The molecule has 2 nitrogen and oxygen atoms in total. The maximum absolute atomic E-state index is 4.90. The van der Waals surface area contributed by atoms with Crippen LogP contribution in [-0.4, -0.2) is 11.5 Å². The first kappa shape index (κ1) is 15.0. The molecule has 3 heteroatoms. The van der Waals surface area contributed by atoms with Gasteiger partial charge >= 0.3 is 0 Å². The SMILES string of the molecule is CCCNC1(c2nc(C)c(C)s2)CCCC(C)C1C. The molecule has 1 aliphatic carbocycles. The molecule has 2 rings (SSSR count). The summed E-state index contributed by atoms with van der Waals surface area (Å²) in [6.07, 6.45) is 5.11. The van der Waals surface area contributed by atoms with Gasteiger partial charge in [-0.05, 0) is 45.1 Å². The highest BCUT2D eigenvalue weighted by atomic mass is 32.1. The van der Waals surface area contributed by atoms with E-state index in [-0.39, 0.29) is 5.54 Å². The minimum Gasteiger partial charge on any atom is -0.305 e. The summed E-state index contributed by atoms with van der Waals surface area (Å²) in [5.41, 5.74) is 1.33. The van der Waals surface area contributed by atoms with Gasteiger partial charge < -0.3 is 5.32 Å². The quantitative estimate of drug-likeness (QED) is 0.883. The Labute approximate surface area is 122 Å². The fourth-order valence-corrected chi connectivity index (χ4v) is 4.51. The van der Waals surface area contributed by atoms with Gasteiger partial charge in [-0.2, -0.15) is 0 Å². The smallest absolute Gasteiger partial charge is 0.114 e. The predicted molar refractivity (Wildman–Crippen MR) is 83.7 cm³/mol. The predicted octanol–water partition coefficient (Wildman–Crippen LogP) is 4.41. The molecule has 0 aliphatic heterocycles. The second kappa shape index (κ2) is 5.92. The van der Waals surface area contributed by atoms with Crippen molar-refractivity contribution in [3.8, 4) is 0 Å². The molecule has 0 saturated heterocycles. The van der Waals surface area contributed by atoms with E-state index in [9.17, 15) is 0 Å². The van der Waals surface area contributed by atoms with Crippen LogP contribution in [-0.2, 0) is 5.54 Å². The van der Waals surface area contributed by atoms with Crippen LogP contribution >= 0.6 is 11.3 Å². The average molecular weight is 280 g/mol. The Kier molecular flexibility index (Phi) is 4.67. The molecule has 0 spiro atoms. The molecule has 1 heterocycles. The molecule has 0 radical (unpaired) electrons. The van der Waals surface area contributed by atoms with E-state index < -0.39 is 0 Å². The van der Waals surface area contributed by atoms with Crippen LogP contribution in [0.4, 0.5) is 0 Å². The van der Waals surface area contributed by atoms with Crippen LogP contribution in [0.15, 0.2) is 0 Å². The van der Waals surface area contributed by atoms with Crippen molar-refractivity contribution in [1.29, 1.82) is 0 Å². The molecule has 1 fully saturated rings. The molecule has 0 aromatic carbocycles. The zero-order valence-corrected chi connectivity index (χ0v) is 13.9. The first-order chi connectivity index (χ1) is 9.01. The molecule has 3 unspecified atom stereocenters. The Bertz CT molecular complexity index is 407. The monoisotopic (exact) mass is 280 g/mol. The first-order valence-corrected chi connectivity index (χ1v) is 8.52. The van der Waals surface area contributed by atoms with Crippen molar-refractivity contribution in [1.82, 2.24) is 10.3 Å². The van der Waals surface area contributed by atoms with Gasteiger partial charge in [0.25, 0.3) is 0 Å². The summed E-state index contributed by atoms with van der Waals surface area (Å²) in [7, 11) is 0. The van der Waals surface area contributed by atoms with Crippen molar-refractivity contribution < 1.29 is 0 Å². The fourth-order valence-electron chi connectivity index (χ4n) is 3.30. The Balaban J connectivity index is 2.38. The van der Waals surface area contributed by atoms with Crippen LogP contribution in [0.1, 0.15) is 62.0 Å². The highest BCUT2D eigenvalue weighted by Crippen LogP contribution is 2.46. The molecule has 1 aromatic heterocycles. The van der Waals surface area contributed by atoms with Crippen LogP contribution in [0.25, 0.3) is 0 Å². The van der Waals surface area contributed by atoms with E-state index in [0.29, 0.717) is 5.92 Å². The van der Waals surface area contributed by atoms with Crippen molar-refractivity contribution in [2.75, 3.05) is 6.54 Å². The molecule has 0 bridgehead atoms. The molecule has 1 aliphatic rings. The van der Waals surface area contributed by atoms with Crippen molar-refractivity contribution in [2.24, 2.45) is 11.8 Å². The van der Waals surface area contributed by atoms with Gasteiger partial charge in [0.15, 0.2) is 0 Å². The Hall–Kier alpha value is -0.410. The van der Waals surface area contributed by atoms with Crippen LogP contribution in [0.3, 0.4) is 0 Å². The van der Waals surface area contributed by atoms with E-state index >= 15 is 0 Å². The Morgan fingerprint density at radius 1 is 1.37 bits per heavy atom. The van der Waals surface area contributed by atoms with E-state index in [1.807, 2.05) is 11.3 Å². The summed E-state index contributed by atoms with van der Waals surface area (Å²) in [5.74, 6) is 1.44. The molecule has 1 N–H and O–H groups in total. The molecule has 1 aromatic rings. The molecule has 19 heavy (non-hydrogen) atoms. The Morgan fingerprint density at radius 3 is 2.68 bits per heavy atom. The van der Waals surface area contributed by atoms with E-state index in [1.54, 1.807) is 0 Å². The minimum atomic E-state index is 0.122. The largest absolute Gasteiger partial charge is 0.305 e. The van der Waals surface area contributed by atoms with Crippen molar-refractivity contribution in [2.45, 2.75) is 65.8 Å². The number of thiazole rings is 1. The number of aromatic nitrogens is 1. The second-order valence-corrected chi connectivity index (χ2v) is 7.42. The van der Waals surface area contributed by atoms with Crippen LogP contribution in [0.2, 0.25) is 0 Å². The summed E-state index contributed by atoms with van der Waals surface area (Å²) in [5, 5.41) is 5.20. The molecule has 1 saturated carbocycles. The Morgan fingerprint density at radius 2 is 2.11 bits per heavy atom. The standard InChI is InChI=1S/C16H28N2S/c1-6-10-17-16(9-7-8-11(2)12(16)3)15-18-13(4)14(5)19-15/h11-12,17H,6-10H2,1-5H3. The van der Waals surface area contributed by atoms with Crippen molar-refractivity contribution >= 4 is 11.3 Å². The van der Waals surface area contributed by atoms with Gasteiger partial charge in [-0.3, -0.25) is 0 Å². The lowest BCUT2D eigenvalue weighted by Gasteiger charge is -2.45. The average Bonchev–Trinajstić information content (AvgIpc) is 2.72. The molecule has 108 valence electrons. The molecular formula is C16H28N2S. The summed E-state index contributed by atoms with van der Waals surface area (Å²) in [4.78, 5) is 6.27. The topological polar surface area (TPSA) is 24.9 Å². The normalized spacial score (nSPS) is 31.6. The van der Waals surface area contributed by atoms with Gasteiger partial charge in [0, 0.05) is 4.88 Å². The zero-order valence-electron chi connectivity index (χ0n) is 13.0. The van der Waals surface area contributed by atoms with Crippen molar-refractivity contribution in [3.63, 3.8) is 0 Å². The van der Waals surface area contributed by atoms with E-state index in [2.05, 4.69) is 39.9 Å². The fraction of sp³-hybridized carbons (Fsp3) is 0.812. The van der Waals surface area contributed by atoms with E-state index in [1.165, 1.54) is 41.3 Å². The second-order valence-electron chi connectivity index (χ2n) is 6.22. The molecule has 3 atom stereocenters. The highest BCUT2D eigenvalue weighted by molar-refractivity contribution is 7.11. The third-order valence-corrected chi connectivity index (χ3v) is 6.21. The van der Waals surface area contributed by atoms with Gasteiger partial charge in [-0.1, -0.05) is 33.6 Å². The number of nitrogens with one attached hydrogen (secondary N) is 1. The number of nitrogens with zero attached hydrogens (tertiary/aromatic N) is 1. The van der Waals surface area contributed by atoms with Gasteiger partial charge in [0.1, 0.15) is 5.01 Å².